The molecule has 5 nitrogen and oxygen atoms in total. The van der Waals surface area contributed by atoms with Crippen LogP contribution in [-0.2, 0) is 9.59 Å². The van der Waals surface area contributed by atoms with Crippen LogP contribution in [0, 0.1) is 5.41 Å². The topological polar surface area (TPSA) is 84.2 Å². The summed E-state index contributed by atoms with van der Waals surface area (Å²) in [6.45, 7) is 4.09. The summed E-state index contributed by atoms with van der Waals surface area (Å²) in [5, 5.41) is 5.61. The number of thiocarbonyl (C=S) groups is 1. The molecule has 0 aliphatic carbocycles. The van der Waals surface area contributed by atoms with Gasteiger partial charge in [0, 0.05) is 19.0 Å². The minimum atomic E-state index is -0.809. The van der Waals surface area contributed by atoms with Gasteiger partial charge in [0.15, 0.2) is 0 Å². The maximum atomic E-state index is 12.1. The lowest BCUT2D eigenvalue weighted by Crippen LogP contribution is -2.54. The Balaban J connectivity index is 2.59. The SMILES string of the molecule is CCC(C)(C(=O)NC1CCC(=O)NC1)C(N)=S. The van der Waals surface area contributed by atoms with Crippen LogP contribution >= 0.6 is 12.2 Å². The predicted molar refractivity (Wildman–Crippen MR) is 69.4 cm³/mol. The van der Waals surface area contributed by atoms with E-state index in [-0.39, 0.29) is 22.8 Å². The Morgan fingerprint density at radius 2 is 2.35 bits per heavy atom. The van der Waals surface area contributed by atoms with Crippen molar-refractivity contribution < 1.29 is 9.59 Å². The Labute approximate surface area is 107 Å². The molecule has 17 heavy (non-hydrogen) atoms. The van der Waals surface area contributed by atoms with E-state index < -0.39 is 5.41 Å². The molecule has 4 N–H and O–H groups in total. The van der Waals surface area contributed by atoms with Gasteiger partial charge in [0.2, 0.25) is 11.8 Å². The van der Waals surface area contributed by atoms with Crippen LogP contribution in [-0.4, -0.2) is 29.4 Å². The van der Waals surface area contributed by atoms with Crippen LogP contribution in [0.5, 0.6) is 0 Å². The molecule has 1 aliphatic heterocycles. The molecule has 0 aromatic carbocycles. The van der Waals surface area contributed by atoms with E-state index >= 15 is 0 Å². The summed E-state index contributed by atoms with van der Waals surface area (Å²) in [5.74, 6) is -0.128. The molecule has 1 saturated heterocycles. The number of nitrogens with one attached hydrogen (secondary N) is 2. The maximum Gasteiger partial charge on any atom is 0.233 e. The highest BCUT2D eigenvalue weighted by atomic mass is 32.1. The van der Waals surface area contributed by atoms with Gasteiger partial charge in [-0.15, -0.1) is 0 Å². The van der Waals surface area contributed by atoms with Crippen LogP contribution in [0.3, 0.4) is 0 Å². The van der Waals surface area contributed by atoms with Crippen molar-refractivity contribution in [2.45, 2.75) is 39.2 Å². The van der Waals surface area contributed by atoms with Crippen LogP contribution in [0.15, 0.2) is 0 Å². The molecule has 1 aliphatic rings. The van der Waals surface area contributed by atoms with Gasteiger partial charge in [-0.2, -0.15) is 0 Å². The van der Waals surface area contributed by atoms with Gasteiger partial charge in [0.05, 0.1) is 10.4 Å². The van der Waals surface area contributed by atoms with E-state index in [4.69, 9.17) is 18.0 Å². The lowest BCUT2D eigenvalue weighted by Gasteiger charge is -2.30. The van der Waals surface area contributed by atoms with Crippen molar-refractivity contribution in [1.82, 2.24) is 10.6 Å². The van der Waals surface area contributed by atoms with Gasteiger partial charge in [0.1, 0.15) is 0 Å². The molecule has 2 atom stereocenters. The highest BCUT2D eigenvalue weighted by Gasteiger charge is 2.36. The number of carbonyl (C=O) groups is 2. The summed E-state index contributed by atoms with van der Waals surface area (Å²) in [4.78, 5) is 23.3. The van der Waals surface area contributed by atoms with Crippen LogP contribution in [0.1, 0.15) is 33.1 Å². The Morgan fingerprint density at radius 3 is 2.76 bits per heavy atom. The van der Waals surface area contributed by atoms with Crippen molar-refractivity contribution in [3.8, 4) is 0 Å². The Bertz CT molecular complexity index is 336. The van der Waals surface area contributed by atoms with Crippen molar-refractivity contribution in [3.05, 3.63) is 0 Å². The lowest BCUT2D eigenvalue weighted by atomic mass is 9.86. The standard InChI is InChI=1S/C11H19N3O2S/c1-3-11(2,9(12)17)10(16)14-7-4-5-8(15)13-6-7/h7H,3-6H2,1-2H3,(H2,12,17)(H,13,15)(H,14,16). The second kappa shape index (κ2) is 5.44. The second-order valence-electron chi connectivity index (χ2n) is 4.56. The molecule has 0 radical (unpaired) electrons. The first-order valence-electron chi connectivity index (χ1n) is 5.77. The van der Waals surface area contributed by atoms with E-state index in [9.17, 15) is 9.59 Å². The molecule has 0 spiro atoms. The number of amides is 2. The summed E-state index contributed by atoms with van der Waals surface area (Å²) >= 11 is 4.94. The average molecular weight is 257 g/mol. The van der Waals surface area contributed by atoms with Crippen molar-refractivity contribution in [1.29, 1.82) is 0 Å². The average Bonchev–Trinajstić information content (AvgIpc) is 2.30. The fourth-order valence-electron chi connectivity index (χ4n) is 1.65. The third-order valence-electron chi connectivity index (χ3n) is 3.35. The summed E-state index contributed by atoms with van der Waals surface area (Å²) < 4.78 is 0. The van der Waals surface area contributed by atoms with Crippen LogP contribution < -0.4 is 16.4 Å². The molecule has 0 aromatic rings. The fourth-order valence-corrected chi connectivity index (χ4v) is 1.88. The number of rotatable bonds is 4. The zero-order valence-electron chi connectivity index (χ0n) is 10.2. The van der Waals surface area contributed by atoms with Crippen LogP contribution in [0.4, 0.5) is 0 Å². The molecule has 2 amide bonds. The zero-order chi connectivity index (χ0) is 13.1. The monoisotopic (exact) mass is 257 g/mol. The van der Waals surface area contributed by atoms with Gasteiger partial charge in [0.25, 0.3) is 0 Å². The molecular weight excluding hydrogens is 238 g/mol. The first-order valence-corrected chi connectivity index (χ1v) is 6.18. The largest absolute Gasteiger partial charge is 0.392 e. The first kappa shape index (κ1) is 13.9. The molecule has 2 unspecified atom stereocenters. The van der Waals surface area contributed by atoms with Crippen molar-refractivity contribution in [2.24, 2.45) is 11.1 Å². The smallest absolute Gasteiger partial charge is 0.233 e. The van der Waals surface area contributed by atoms with Crippen molar-refractivity contribution >= 4 is 29.0 Å². The van der Waals surface area contributed by atoms with E-state index in [0.717, 1.165) is 0 Å². The summed E-state index contributed by atoms with van der Waals surface area (Å²) in [6.07, 6.45) is 1.67. The number of hydrogen-bond donors (Lipinski definition) is 3. The Kier molecular flexibility index (Phi) is 4.45. The normalized spacial score (nSPS) is 23.4. The predicted octanol–water partition coefficient (Wildman–Crippen LogP) is 0.0836. The number of hydrogen-bond acceptors (Lipinski definition) is 3. The first-order chi connectivity index (χ1) is 7.90. The van der Waals surface area contributed by atoms with Gasteiger partial charge in [-0.1, -0.05) is 19.1 Å². The minimum absolute atomic E-state index is 0.0274. The molecule has 6 heteroatoms. The highest BCUT2D eigenvalue weighted by Crippen LogP contribution is 2.22. The van der Waals surface area contributed by atoms with Crippen LogP contribution in [0.2, 0.25) is 0 Å². The van der Waals surface area contributed by atoms with Crippen molar-refractivity contribution in [2.75, 3.05) is 6.54 Å². The molecule has 0 saturated carbocycles. The minimum Gasteiger partial charge on any atom is -0.392 e. The molecule has 0 aromatic heterocycles. The van der Waals surface area contributed by atoms with E-state index in [1.165, 1.54) is 0 Å². The van der Waals surface area contributed by atoms with Gasteiger partial charge < -0.3 is 16.4 Å². The fraction of sp³-hybridized carbons (Fsp3) is 0.727. The zero-order valence-corrected chi connectivity index (χ0v) is 11.0. The molecule has 96 valence electrons. The summed E-state index contributed by atoms with van der Waals surface area (Å²) in [7, 11) is 0. The molecule has 1 rings (SSSR count). The number of nitrogens with two attached hydrogens (primary N) is 1. The lowest BCUT2D eigenvalue weighted by molar-refractivity contribution is -0.129. The number of carbonyl (C=O) groups excluding carboxylic acids is 2. The van der Waals surface area contributed by atoms with Gasteiger partial charge >= 0.3 is 0 Å². The molecule has 1 fully saturated rings. The summed E-state index contributed by atoms with van der Waals surface area (Å²) in [6, 6.07) is -0.0274. The number of piperidine rings is 1. The molecule has 0 bridgehead atoms. The Hall–Kier alpha value is -1.17. The van der Waals surface area contributed by atoms with Crippen molar-refractivity contribution in [3.63, 3.8) is 0 Å². The molecule has 1 heterocycles. The highest BCUT2D eigenvalue weighted by molar-refractivity contribution is 7.80. The van der Waals surface area contributed by atoms with E-state index in [2.05, 4.69) is 10.6 Å². The third kappa shape index (κ3) is 3.15. The molecular formula is C11H19N3O2S. The third-order valence-corrected chi connectivity index (χ3v) is 3.80. The summed E-state index contributed by atoms with van der Waals surface area (Å²) in [5.41, 5.74) is 4.80. The van der Waals surface area contributed by atoms with Crippen LogP contribution in [0.25, 0.3) is 0 Å². The quantitative estimate of drug-likeness (QED) is 0.623. The van der Waals surface area contributed by atoms with Gasteiger partial charge in [-0.05, 0) is 19.8 Å². The van der Waals surface area contributed by atoms with E-state index in [1.54, 1.807) is 6.92 Å². The maximum absolute atomic E-state index is 12.1. The second-order valence-corrected chi connectivity index (χ2v) is 5.00. The van der Waals surface area contributed by atoms with Gasteiger partial charge in [-0.3, -0.25) is 9.59 Å². The van der Waals surface area contributed by atoms with E-state index in [0.29, 0.717) is 25.8 Å². The Morgan fingerprint density at radius 1 is 1.71 bits per heavy atom. The van der Waals surface area contributed by atoms with E-state index in [1.807, 2.05) is 6.92 Å². The van der Waals surface area contributed by atoms with Gasteiger partial charge in [-0.25, -0.2) is 0 Å².